The predicted molar refractivity (Wildman–Crippen MR) is 83.0 cm³/mol. The molecule has 0 saturated carbocycles. The molecule has 1 fully saturated rings. The maximum Gasteiger partial charge on any atom is 0.229 e. The predicted octanol–water partition coefficient (Wildman–Crippen LogP) is 2.02. The first kappa shape index (κ1) is 16.2. The number of nitrogens with one attached hydrogen (secondary N) is 1. The number of likely N-dealkylation sites (tertiary alicyclic amines) is 1. The van der Waals surface area contributed by atoms with Crippen molar-refractivity contribution in [2.75, 3.05) is 6.54 Å². The zero-order valence-electron chi connectivity index (χ0n) is 13.3. The SMILES string of the molecule is Cc1ccc(C)c(C(C)NC(=O)CCN2C(=O)CCC2=O)c1. The van der Waals surface area contributed by atoms with E-state index in [1.165, 1.54) is 4.90 Å². The second kappa shape index (κ2) is 6.73. The van der Waals surface area contributed by atoms with Crippen LogP contribution in [-0.2, 0) is 14.4 Å². The van der Waals surface area contributed by atoms with E-state index in [4.69, 9.17) is 0 Å². The summed E-state index contributed by atoms with van der Waals surface area (Å²) < 4.78 is 0. The molecule has 1 N–H and O–H groups in total. The molecule has 0 spiro atoms. The van der Waals surface area contributed by atoms with Crippen molar-refractivity contribution in [2.45, 2.75) is 46.1 Å². The fourth-order valence-electron chi connectivity index (χ4n) is 2.70. The van der Waals surface area contributed by atoms with Crippen LogP contribution in [0.2, 0.25) is 0 Å². The van der Waals surface area contributed by atoms with Crippen LogP contribution in [-0.4, -0.2) is 29.2 Å². The number of aryl methyl sites for hydroxylation is 2. The molecule has 22 heavy (non-hydrogen) atoms. The Labute approximate surface area is 130 Å². The fourth-order valence-corrected chi connectivity index (χ4v) is 2.70. The van der Waals surface area contributed by atoms with Gasteiger partial charge in [0.15, 0.2) is 0 Å². The van der Waals surface area contributed by atoms with E-state index in [0.29, 0.717) is 0 Å². The summed E-state index contributed by atoms with van der Waals surface area (Å²) in [6.07, 6.45) is 0.672. The molecule has 1 atom stereocenters. The molecule has 2 rings (SSSR count). The third-order valence-electron chi connectivity index (χ3n) is 4.00. The summed E-state index contributed by atoms with van der Waals surface area (Å²) in [5.74, 6) is -0.512. The Kier molecular flexibility index (Phi) is 4.96. The van der Waals surface area contributed by atoms with E-state index in [0.717, 1.165) is 16.7 Å². The van der Waals surface area contributed by atoms with Gasteiger partial charge in [-0.25, -0.2) is 0 Å². The molecule has 0 bridgehead atoms. The van der Waals surface area contributed by atoms with Crippen LogP contribution in [0.1, 0.15) is 48.9 Å². The Morgan fingerprint density at radius 2 is 1.86 bits per heavy atom. The highest BCUT2D eigenvalue weighted by Gasteiger charge is 2.28. The maximum absolute atomic E-state index is 12.0. The molecule has 0 aliphatic carbocycles. The van der Waals surface area contributed by atoms with Gasteiger partial charge in [0.25, 0.3) is 0 Å². The first-order chi connectivity index (χ1) is 10.4. The summed E-state index contributed by atoms with van der Waals surface area (Å²) in [6, 6.07) is 6.04. The van der Waals surface area contributed by atoms with Gasteiger partial charge >= 0.3 is 0 Å². The van der Waals surface area contributed by atoms with Crippen molar-refractivity contribution >= 4 is 17.7 Å². The monoisotopic (exact) mass is 302 g/mol. The van der Waals surface area contributed by atoms with Crippen LogP contribution in [0.25, 0.3) is 0 Å². The van der Waals surface area contributed by atoms with Crippen molar-refractivity contribution in [1.82, 2.24) is 10.2 Å². The third-order valence-corrected chi connectivity index (χ3v) is 4.00. The number of rotatable bonds is 5. The summed E-state index contributed by atoms with van der Waals surface area (Å²) in [6.45, 7) is 6.13. The van der Waals surface area contributed by atoms with Gasteiger partial charge in [0.2, 0.25) is 17.7 Å². The zero-order valence-corrected chi connectivity index (χ0v) is 13.3. The molecular weight excluding hydrogens is 280 g/mol. The average Bonchev–Trinajstić information content (AvgIpc) is 2.78. The highest BCUT2D eigenvalue weighted by Crippen LogP contribution is 2.19. The molecule has 5 nitrogen and oxygen atoms in total. The molecule has 3 amide bonds. The van der Waals surface area contributed by atoms with Crippen LogP contribution in [0, 0.1) is 13.8 Å². The number of hydrogen-bond acceptors (Lipinski definition) is 3. The van der Waals surface area contributed by atoms with Crippen molar-refractivity contribution in [3.05, 3.63) is 34.9 Å². The van der Waals surface area contributed by atoms with Crippen molar-refractivity contribution in [1.29, 1.82) is 0 Å². The average molecular weight is 302 g/mol. The summed E-state index contributed by atoms with van der Waals surface area (Å²) in [5, 5.41) is 2.93. The molecule has 118 valence electrons. The lowest BCUT2D eigenvalue weighted by Gasteiger charge is -2.18. The highest BCUT2D eigenvalue weighted by atomic mass is 16.2. The standard InChI is InChI=1S/C17H22N2O3/c1-11-4-5-12(2)14(10-11)13(3)18-15(20)8-9-19-16(21)6-7-17(19)22/h4-5,10,13H,6-9H2,1-3H3,(H,18,20). The van der Waals surface area contributed by atoms with Crippen LogP contribution >= 0.6 is 0 Å². The molecule has 5 heteroatoms. The number of carbonyl (C=O) groups is 3. The Hall–Kier alpha value is -2.17. The number of hydrogen-bond donors (Lipinski definition) is 1. The van der Waals surface area contributed by atoms with Gasteiger partial charge in [-0.15, -0.1) is 0 Å². The van der Waals surface area contributed by atoms with Gasteiger partial charge in [-0.2, -0.15) is 0 Å². The molecule has 1 saturated heterocycles. The van der Waals surface area contributed by atoms with Gasteiger partial charge in [0.05, 0.1) is 6.04 Å². The maximum atomic E-state index is 12.0. The van der Waals surface area contributed by atoms with Gasteiger partial charge in [-0.05, 0) is 31.9 Å². The minimum Gasteiger partial charge on any atom is -0.350 e. The minimum atomic E-state index is -0.180. The topological polar surface area (TPSA) is 66.5 Å². The van der Waals surface area contributed by atoms with Gasteiger partial charge in [-0.1, -0.05) is 23.8 Å². The van der Waals surface area contributed by atoms with E-state index in [1.807, 2.05) is 32.9 Å². The fraction of sp³-hybridized carbons (Fsp3) is 0.471. The van der Waals surface area contributed by atoms with Crippen molar-refractivity contribution in [3.63, 3.8) is 0 Å². The molecular formula is C17H22N2O3. The van der Waals surface area contributed by atoms with Crippen molar-refractivity contribution in [2.24, 2.45) is 0 Å². The van der Waals surface area contributed by atoms with Gasteiger partial charge in [0, 0.05) is 25.8 Å². The van der Waals surface area contributed by atoms with Gasteiger partial charge in [0.1, 0.15) is 0 Å². The van der Waals surface area contributed by atoms with E-state index in [9.17, 15) is 14.4 Å². The Balaban J connectivity index is 1.90. The van der Waals surface area contributed by atoms with Crippen LogP contribution in [0.5, 0.6) is 0 Å². The number of amides is 3. The summed E-state index contributed by atoms with van der Waals surface area (Å²) in [4.78, 5) is 36.2. The first-order valence-corrected chi connectivity index (χ1v) is 7.58. The smallest absolute Gasteiger partial charge is 0.229 e. The second-order valence-corrected chi connectivity index (χ2v) is 5.84. The molecule has 1 unspecified atom stereocenters. The summed E-state index contributed by atoms with van der Waals surface area (Å²) in [7, 11) is 0. The van der Waals surface area contributed by atoms with E-state index >= 15 is 0 Å². The normalized spacial score (nSPS) is 16.0. The number of carbonyl (C=O) groups excluding carboxylic acids is 3. The Morgan fingerprint density at radius 3 is 2.50 bits per heavy atom. The second-order valence-electron chi connectivity index (χ2n) is 5.84. The number of benzene rings is 1. The quantitative estimate of drug-likeness (QED) is 0.846. The zero-order chi connectivity index (χ0) is 16.3. The number of imide groups is 1. The highest BCUT2D eigenvalue weighted by molar-refractivity contribution is 6.02. The van der Waals surface area contributed by atoms with Crippen LogP contribution < -0.4 is 5.32 Å². The van der Waals surface area contributed by atoms with E-state index in [2.05, 4.69) is 11.4 Å². The Bertz CT molecular complexity index is 594. The molecule has 0 radical (unpaired) electrons. The largest absolute Gasteiger partial charge is 0.350 e. The lowest BCUT2D eigenvalue weighted by atomic mass is 10.00. The van der Waals surface area contributed by atoms with Crippen LogP contribution in [0.3, 0.4) is 0 Å². The summed E-state index contributed by atoms with van der Waals surface area (Å²) >= 11 is 0. The first-order valence-electron chi connectivity index (χ1n) is 7.58. The van der Waals surface area contributed by atoms with Crippen molar-refractivity contribution in [3.8, 4) is 0 Å². The molecule has 1 aliphatic heterocycles. The summed E-state index contributed by atoms with van der Waals surface area (Å²) in [5.41, 5.74) is 3.36. The van der Waals surface area contributed by atoms with E-state index in [1.54, 1.807) is 0 Å². The van der Waals surface area contributed by atoms with Crippen molar-refractivity contribution < 1.29 is 14.4 Å². The molecule has 0 aromatic heterocycles. The third kappa shape index (κ3) is 3.72. The lowest BCUT2D eigenvalue weighted by Crippen LogP contribution is -2.35. The molecule has 1 aromatic rings. The van der Waals surface area contributed by atoms with E-state index in [-0.39, 0.29) is 49.6 Å². The van der Waals surface area contributed by atoms with Gasteiger partial charge < -0.3 is 5.32 Å². The lowest BCUT2D eigenvalue weighted by molar-refractivity contribution is -0.138. The Morgan fingerprint density at radius 1 is 1.23 bits per heavy atom. The molecule has 1 heterocycles. The minimum absolute atomic E-state index is 0.0996. The number of nitrogens with zero attached hydrogens (tertiary/aromatic N) is 1. The molecule has 1 aromatic carbocycles. The van der Waals surface area contributed by atoms with Crippen LogP contribution in [0.4, 0.5) is 0 Å². The molecule has 1 aliphatic rings. The van der Waals surface area contributed by atoms with E-state index < -0.39 is 0 Å². The van der Waals surface area contributed by atoms with Gasteiger partial charge in [-0.3, -0.25) is 19.3 Å². The van der Waals surface area contributed by atoms with Crippen LogP contribution in [0.15, 0.2) is 18.2 Å².